The van der Waals surface area contributed by atoms with Crippen molar-refractivity contribution in [1.82, 2.24) is 4.90 Å². The molecule has 0 radical (unpaired) electrons. The van der Waals surface area contributed by atoms with Crippen molar-refractivity contribution < 1.29 is 0 Å². The van der Waals surface area contributed by atoms with Crippen molar-refractivity contribution in [3.8, 4) is 0 Å². The lowest BCUT2D eigenvalue weighted by molar-refractivity contribution is 0.295. The Hall–Kier alpha value is -1.60. The van der Waals surface area contributed by atoms with Gasteiger partial charge in [-0.1, -0.05) is 62.4 Å². The van der Waals surface area contributed by atoms with Gasteiger partial charge in [0.25, 0.3) is 0 Å². The number of aryl methyl sites for hydroxylation is 2. The zero-order chi connectivity index (χ0) is 16.1. The van der Waals surface area contributed by atoms with Crippen LogP contribution < -0.4 is 0 Å². The molecule has 1 nitrogen and oxygen atoms in total. The largest absolute Gasteiger partial charge is 0.304 e. The van der Waals surface area contributed by atoms with Crippen molar-refractivity contribution >= 4 is 0 Å². The number of hydrogen-bond acceptors (Lipinski definition) is 1. The SMILES string of the molecule is CCN(CC)CCCC1c2ccccc2CCc2ccccc21. The van der Waals surface area contributed by atoms with Gasteiger partial charge >= 0.3 is 0 Å². The predicted octanol–water partition coefficient (Wildman–Crippen LogP) is 5.04. The van der Waals surface area contributed by atoms with E-state index in [-0.39, 0.29) is 0 Å². The first-order valence-corrected chi connectivity index (χ1v) is 9.21. The number of rotatable bonds is 6. The van der Waals surface area contributed by atoms with Crippen LogP contribution in [0.2, 0.25) is 0 Å². The van der Waals surface area contributed by atoms with E-state index in [2.05, 4.69) is 67.3 Å². The summed E-state index contributed by atoms with van der Waals surface area (Å²) in [6.07, 6.45) is 4.89. The second-order valence-electron chi connectivity index (χ2n) is 6.62. The molecule has 0 N–H and O–H groups in total. The fourth-order valence-corrected chi connectivity index (χ4v) is 4.01. The van der Waals surface area contributed by atoms with Crippen molar-refractivity contribution in [2.45, 2.75) is 45.4 Å². The molecule has 0 fully saturated rings. The normalized spacial score (nSPS) is 14.4. The van der Waals surface area contributed by atoms with Gasteiger partial charge in [0.2, 0.25) is 0 Å². The zero-order valence-electron chi connectivity index (χ0n) is 14.6. The molecule has 0 aromatic heterocycles. The minimum absolute atomic E-state index is 0.570. The Morgan fingerprint density at radius 1 is 0.826 bits per heavy atom. The van der Waals surface area contributed by atoms with Gasteiger partial charge in [-0.2, -0.15) is 0 Å². The van der Waals surface area contributed by atoms with Crippen molar-refractivity contribution in [1.29, 1.82) is 0 Å². The Labute approximate surface area is 141 Å². The van der Waals surface area contributed by atoms with Crippen molar-refractivity contribution in [3.05, 3.63) is 70.8 Å². The second kappa shape index (κ2) is 7.79. The van der Waals surface area contributed by atoms with Crippen LogP contribution in [0.4, 0.5) is 0 Å². The van der Waals surface area contributed by atoms with Gasteiger partial charge in [-0.05, 0) is 67.6 Å². The molecule has 0 amide bonds. The molecule has 0 aliphatic heterocycles. The molecule has 0 atom stereocenters. The van der Waals surface area contributed by atoms with E-state index < -0.39 is 0 Å². The highest BCUT2D eigenvalue weighted by atomic mass is 15.1. The molecule has 2 aromatic rings. The van der Waals surface area contributed by atoms with Crippen LogP contribution in [-0.2, 0) is 12.8 Å². The van der Waals surface area contributed by atoms with E-state index in [0.29, 0.717) is 5.92 Å². The highest BCUT2D eigenvalue weighted by molar-refractivity contribution is 5.44. The first kappa shape index (κ1) is 16.3. The lowest BCUT2D eigenvalue weighted by Crippen LogP contribution is -2.24. The Kier molecular flexibility index (Phi) is 5.51. The molecule has 0 unspecified atom stereocenters. The monoisotopic (exact) mass is 307 g/mol. The van der Waals surface area contributed by atoms with Crippen molar-refractivity contribution in [3.63, 3.8) is 0 Å². The first-order chi connectivity index (χ1) is 11.3. The molecule has 1 aliphatic carbocycles. The molecule has 1 aliphatic rings. The minimum atomic E-state index is 0.570. The highest BCUT2D eigenvalue weighted by Gasteiger charge is 2.22. The molecular formula is C22H29N. The van der Waals surface area contributed by atoms with Crippen LogP contribution in [0.15, 0.2) is 48.5 Å². The summed E-state index contributed by atoms with van der Waals surface area (Å²) < 4.78 is 0. The van der Waals surface area contributed by atoms with Crippen LogP contribution in [0.5, 0.6) is 0 Å². The maximum Gasteiger partial charge on any atom is 0.00952 e. The van der Waals surface area contributed by atoms with Crippen LogP contribution in [0.1, 0.15) is 54.9 Å². The smallest absolute Gasteiger partial charge is 0.00952 e. The Morgan fingerprint density at radius 2 is 1.35 bits per heavy atom. The van der Waals surface area contributed by atoms with E-state index in [0.717, 1.165) is 13.1 Å². The van der Waals surface area contributed by atoms with Gasteiger partial charge < -0.3 is 4.90 Å². The van der Waals surface area contributed by atoms with E-state index in [1.807, 2.05) is 0 Å². The van der Waals surface area contributed by atoms with Gasteiger partial charge in [0.05, 0.1) is 0 Å². The third-order valence-electron chi connectivity index (χ3n) is 5.39. The van der Waals surface area contributed by atoms with Gasteiger partial charge in [-0.3, -0.25) is 0 Å². The molecular weight excluding hydrogens is 278 g/mol. The zero-order valence-corrected chi connectivity index (χ0v) is 14.6. The first-order valence-electron chi connectivity index (χ1n) is 9.21. The molecule has 23 heavy (non-hydrogen) atoms. The minimum Gasteiger partial charge on any atom is -0.304 e. The topological polar surface area (TPSA) is 3.24 Å². The maximum absolute atomic E-state index is 2.54. The number of fused-ring (bicyclic) bond motifs is 2. The van der Waals surface area contributed by atoms with Gasteiger partial charge in [0, 0.05) is 5.92 Å². The quantitative estimate of drug-likeness (QED) is 0.722. The fourth-order valence-electron chi connectivity index (χ4n) is 4.01. The Balaban J connectivity index is 1.85. The van der Waals surface area contributed by atoms with Gasteiger partial charge in [-0.25, -0.2) is 0 Å². The van der Waals surface area contributed by atoms with E-state index >= 15 is 0 Å². The van der Waals surface area contributed by atoms with Crippen LogP contribution >= 0.6 is 0 Å². The van der Waals surface area contributed by atoms with Crippen LogP contribution in [0.3, 0.4) is 0 Å². The highest BCUT2D eigenvalue weighted by Crippen LogP contribution is 2.37. The molecule has 2 aromatic carbocycles. The average molecular weight is 307 g/mol. The summed E-state index contributed by atoms with van der Waals surface area (Å²) in [5, 5.41) is 0. The summed E-state index contributed by atoms with van der Waals surface area (Å²) >= 11 is 0. The summed E-state index contributed by atoms with van der Waals surface area (Å²) in [4.78, 5) is 2.54. The van der Waals surface area contributed by atoms with Crippen molar-refractivity contribution in [2.24, 2.45) is 0 Å². The number of hydrogen-bond donors (Lipinski definition) is 0. The third-order valence-corrected chi connectivity index (χ3v) is 5.39. The Bertz CT molecular complexity index is 580. The number of nitrogens with zero attached hydrogens (tertiary/aromatic N) is 1. The summed E-state index contributed by atoms with van der Waals surface area (Å²) in [5.41, 5.74) is 6.24. The summed E-state index contributed by atoms with van der Waals surface area (Å²) in [6, 6.07) is 18.2. The molecule has 0 bridgehead atoms. The lowest BCUT2D eigenvalue weighted by atomic mass is 9.85. The summed E-state index contributed by atoms with van der Waals surface area (Å²) in [6.45, 7) is 8.07. The van der Waals surface area contributed by atoms with E-state index in [9.17, 15) is 0 Å². The second-order valence-corrected chi connectivity index (χ2v) is 6.62. The van der Waals surface area contributed by atoms with Crippen LogP contribution in [0, 0.1) is 0 Å². The molecule has 0 saturated heterocycles. The summed E-state index contributed by atoms with van der Waals surface area (Å²) in [5.74, 6) is 0.570. The fraction of sp³-hybridized carbons (Fsp3) is 0.455. The molecule has 1 heteroatoms. The molecule has 122 valence electrons. The molecule has 0 heterocycles. The standard InChI is InChI=1S/C22H29N/c1-3-23(4-2)17-9-14-22-20-12-7-5-10-18(20)15-16-19-11-6-8-13-21(19)22/h5-8,10-13,22H,3-4,9,14-17H2,1-2H3. The van der Waals surface area contributed by atoms with Gasteiger partial charge in [-0.15, -0.1) is 0 Å². The van der Waals surface area contributed by atoms with E-state index in [4.69, 9.17) is 0 Å². The van der Waals surface area contributed by atoms with E-state index in [1.54, 1.807) is 22.3 Å². The van der Waals surface area contributed by atoms with Crippen LogP contribution in [0.25, 0.3) is 0 Å². The average Bonchev–Trinajstić information content (AvgIpc) is 2.76. The third kappa shape index (κ3) is 3.67. The summed E-state index contributed by atoms with van der Waals surface area (Å²) in [7, 11) is 0. The molecule has 0 saturated carbocycles. The lowest BCUT2D eigenvalue weighted by Gasteiger charge is -2.23. The predicted molar refractivity (Wildman–Crippen MR) is 99.2 cm³/mol. The number of benzene rings is 2. The van der Waals surface area contributed by atoms with Crippen LogP contribution in [-0.4, -0.2) is 24.5 Å². The maximum atomic E-state index is 2.54. The van der Waals surface area contributed by atoms with Gasteiger partial charge in [0.1, 0.15) is 0 Å². The van der Waals surface area contributed by atoms with Crippen molar-refractivity contribution in [2.75, 3.05) is 19.6 Å². The van der Waals surface area contributed by atoms with Gasteiger partial charge in [0.15, 0.2) is 0 Å². The van der Waals surface area contributed by atoms with E-state index in [1.165, 1.54) is 32.2 Å². The molecule has 3 rings (SSSR count). The molecule has 0 spiro atoms. The Morgan fingerprint density at radius 3 is 1.87 bits per heavy atom.